The number of nitrogens with two attached hydrogens (primary N) is 2. The summed E-state index contributed by atoms with van der Waals surface area (Å²) in [5, 5.41) is 3.25. The predicted molar refractivity (Wildman–Crippen MR) is 85.2 cm³/mol. The van der Waals surface area contributed by atoms with Gasteiger partial charge in [0.05, 0.1) is 0 Å². The molecule has 3 rings (SSSR count). The molecule has 1 aliphatic rings. The molecule has 0 spiro atoms. The van der Waals surface area contributed by atoms with Crippen molar-refractivity contribution >= 4 is 17.6 Å². The molecule has 0 bridgehead atoms. The van der Waals surface area contributed by atoms with Crippen LogP contribution in [0.3, 0.4) is 0 Å². The summed E-state index contributed by atoms with van der Waals surface area (Å²) >= 11 is 0. The van der Waals surface area contributed by atoms with Crippen LogP contribution in [-0.2, 0) is 6.42 Å². The zero-order valence-corrected chi connectivity index (χ0v) is 12.1. The van der Waals surface area contributed by atoms with Gasteiger partial charge >= 0.3 is 0 Å². The molecule has 6 nitrogen and oxygen atoms in total. The van der Waals surface area contributed by atoms with E-state index in [1.54, 1.807) is 0 Å². The maximum atomic E-state index is 6.08. The van der Waals surface area contributed by atoms with Gasteiger partial charge in [-0.25, -0.2) is 0 Å². The van der Waals surface area contributed by atoms with Crippen LogP contribution in [0.5, 0.6) is 0 Å². The lowest BCUT2D eigenvalue weighted by Crippen LogP contribution is -2.57. The van der Waals surface area contributed by atoms with Crippen molar-refractivity contribution in [3.05, 3.63) is 41.5 Å². The van der Waals surface area contributed by atoms with E-state index in [0.717, 1.165) is 24.5 Å². The normalized spacial score (nSPS) is 15.0. The lowest BCUT2D eigenvalue weighted by Gasteiger charge is -2.41. The van der Waals surface area contributed by atoms with Crippen molar-refractivity contribution in [3.8, 4) is 0 Å². The first-order valence-corrected chi connectivity index (χ1v) is 7.05. The molecule has 5 N–H and O–H groups in total. The second-order valence-electron chi connectivity index (χ2n) is 5.32. The van der Waals surface area contributed by atoms with Crippen LogP contribution in [0.15, 0.2) is 30.3 Å². The third-order valence-corrected chi connectivity index (χ3v) is 3.85. The minimum Gasteiger partial charge on any atom is -0.383 e. The van der Waals surface area contributed by atoms with E-state index in [9.17, 15) is 0 Å². The molecule has 1 aliphatic heterocycles. The van der Waals surface area contributed by atoms with E-state index in [-0.39, 0.29) is 5.95 Å². The van der Waals surface area contributed by atoms with Gasteiger partial charge in [-0.2, -0.15) is 9.97 Å². The van der Waals surface area contributed by atoms with Crippen molar-refractivity contribution in [3.63, 3.8) is 0 Å². The van der Waals surface area contributed by atoms with Crippen molar-refractivity contribution in [2.45, 2.75) is 12.5 Å². The Hall–Kier alpha value is -2.34. The number of nitrogen functional groups attached to an aromatic ring is 2. The molecular formula is C15H20N6. The number of likely N-dealkylation sites (N-methyl/N-ethyl adjacent to an activating group) is 1. The van der Waals surface area contributed by atoms with Crippen molar-refractivity contribution in [1.82, 2.24) is 15.3 Å². The van der Waals surface area contributed by atoms with Gasteiger partial charge in [0.15, 0.2) is 0 Å². The van der Waals surface area contributed by atoms with Crippen molar-refractivity contribution in [2.75, 3.05) is 36.5 Å². The molecule has 21 heavy (non-hydrogen) atoms. The summed E-state index contributed by atoms with van der Waals surface area (Å²) in [6.07, 6.45) is 0.711. The number of anilines is 3. The molecule has 2 aromatic rings. The Balaban J connectivity index is 1.91. The highest BCUT2D eigenvalue weighted by Crippen LogP contribution is 2.29. The van der Waals surface area contributed by atoms with Gasteiger partial charge in [0.2, 0.25) is 5.95 Å². The van der Waals surface area contributed by atoms with E-state index in [0.29, 0.717) is 18.3 Å². The molecule has 0 saturated carbocycles. The van der Waals surface area contributed by atoms with E-state index in [2.05, 4.69) is 32.3 Å². The van der Waals surface area contributed by atoms with Crippen LogP contribution in [0, 0.1) is 0 Å². The highest BCUT2D eigenvalue weighted by atomic mass is 15.3. The minimum atomic E-state index is 0.229. The highest BCUT2D eigenvalue weighted by Gasteiger charge is 2.29. The summed E-state index contributed by atoms with van der Waals surface area (Å²) in [4.78, 5) is 10.7. The number of nitrogens with one attached hydrogen (secondary N) is 1. The first kappa shape index (κ1) is 13.6. The quantitative estimate of drug-likeness (QED) is 0.763. The smallest absolute Gasteiger partial charge is 0.223 e. The molecule has 1 aromatic heterocycles. The standard InChI is InChI=1S/C15H20N6/c1-18-11-8-21(9-11)14-12(13(16)19-15(17)20-14)7-10-5-3-2-4-6-10/h2-6,11,18H,7-9H2,1H3,(H4,16,17,19,20). The summed E-state index contributed by atoms with van der Waals surface area (Å²) < 4.78 is 0. The Labute approximate surface area is 124 Å². The maximum absolute atomic E-state index is 6.08. The summed E-state index contributed by atoms with van der Waals surface area (Å²) in [6.45, 7) is 1.82. The fraction of sp³-hybridized carbons (Fsp3) is 0.333. The molecule has 6 heteroatoms. The van der Waals surface area contributed by atoms with Crippen molar-refractivity contribution in [2.24, 2.45) is 0 Å². The number of benzene rings is 1. The van der Waals surface area contributed by atoms with Crippen LogP contribution in [-0.4, -0.2) is 36.1 Å². The fourth-order valence-electron chi connectivity index (χ4n) is 2.57. The van der Waals surface area contributed by atoms with Gasteiger partial charge in [-0.05, 0) is 12.6 Å². The summed E-state index contributed by atoms with van der Waals surface area (Å²) in [7, 11) is 1.97. The van der Waals surface area contributed by atoms with E-state index in [4.69, 9.17) is 11.5 Å². The fourth-order valence-corrected chi connectivity index (χ4v) is 2.57. The van der Waals surface area contributed by atoms with Crippen molar-refractivity contribution < 1.29 is 0 Å². The maximum Gasteiger partial charge on any atom is 0.223 e. The molecule has 1 aromatic carbocycles. The van der Waals surface area contributed by atoms with Gasteiger partial charge < -0.3 is 21.7 Å². The lowest BCUT2D eigenvalue weighted by atomic mass is 10.0. The van der Waals surface area contributed by atoms with Crippen LogP contribution in [0.1, 0.15) is 11.1 Å². The SMILES string of the molecule is CNC1CN(c2nc(N)nc(N)c2Cc2ccccc2)C1. The summed E-state index contributed by atoms with van der Waals surface area (Å²) in [6, 6.07) is 10.7. The lowest BCUT2D eigenvalue weighted by molar-refractivity contribution is 0.446. The Morgan fingerprint density at radius 1 is 1.19 bits per heavy atom. The van der Waals surface area contributed by atoms with E-state index < -0.39 is 0 Å². The molecule has 0 unspecified atom stereocenters. The number of hydrogen-bond acceptors (Lipinski definition) is 6. The Bertz CT molecular complexity index is 622. The molecule has 2 heterocycles. The second kappa shape index (κ2) is 5.57. The minimum absolute atomic E-state index is 0.229. The molecule has 1 fully saturated rings. The highest BCUT2D eigenvalue weighted by molar-refractivity contribution is 5.62. The number of nitrogens with zero attached hydrogens (tertiary/aromatic N) is 3. The molecule has 0 amide bonds. The number of hydrogen-bond donors (Lipinski definition) is 3. The monoisotopic (exact) mass is 284 g/mol. The Kier molecular flexibility index (Phi) is 3.62. The van der Waals surface area contributed by atoms with Gasteiger partial charge in [0, 0.05) is 31.1 Å². The van der Waals surface area contributed by atoms with Gasteiger partial charge in [0.25, 0.3) is 0 Å². The van der Waals surface area contributed by atoms with Crippen LogP contribution < -0.4 is 21.7 Å². The number of aromatic nitrogens is 2. The van der Waals surface area contributed by atoms with Gasteiger partial charge in [-0.15, -0.1) is 0 Å². The third-order valence-electron chi connectivity index (χ3n) is 3.85. The van der Waals surface area contributed by atoms with E-state index in [1.165, 1.54) is 5.56 Å². The van der Waals surface area contributed by atoms with E-state index >= 15 is 0 Å². The zero-order valence-electron chi connectivity index (χ0n) is 12.1. The predicted octanol–water partition coefficient (Wildman–Crippen LogP) is 0.640. The largest absolute Gasteiger partial charge is 0.383 e. The average molecular weight is 284 g/mol. The summed E-state index contributed by atoms with van der Waals surface area (Å²) in [5.41, 5.74) is 14.0. The third kappa shape index (κ3) is 2.75. The van der Waals surface area contributed by atoms with Crippen LogP contribution in [0.25, 0.3) is 0 Å². The van der Waals surface area contributed by atoms with Gasteiger partial charge in [-0.3, -0.25) is 0 Å². The molecule has 0 radical (unpaired) electrons. The average Bonchev–Trinajstić information content (AvgIpc) is 2.42. The molecule has 1 saturated heterocycles. The molecule has 110 valence electrons. The van der Waals surface area contributed by atoms with Gasteiger partial charge in [0.1, 0.15) is 11.6 Å². The Morgan fingerprint density at radius 2 is 1.90 bits per heavy atom. The van der Waals surface area contributed by atoms with Crippen LogP contribution in [0.4, 0.5) is 17.6 Å². The molecule has 0 aliphatic carbocycles. The molecular weight excluding hydrogens is 264 g/mol. The number of rotatable bonds is 4. The Morgan fingerprint density at radius 3 is 2.57 bits per heavy atom. The van der Waals surface area contributed by atoms with Crippen molar-refractivity contribution in [1.29, 1.82) is 0 Å². The first-order chi connectivity index (χ1) is 10.2. The molecule has 0 atom stereocenters. The second-order valence-corrected chi connectivity index (χ2v) is 5.32. The topological polar surface area (TPSA) is 93.1 Å². The van der Waals surface area contributed by atoms with Crippen LogP contribution >= 0.6 is 0 Å². The van der Waals surface area contributed by atoms with Gasteiger partial charge in [-0.1, -0.05) is 30.3 Å². The zero-order chi connectivity index (χ0) is 14.8. The first-order valence-electron chi connectivity index (χ1n) is 7.05. The van der Waals surface area contributed by atoms with Crippen LogP contribution in [0.2, 0.25) is 0 Å². The van der Waals surface area contributed by atoms with E-state index in [1.807, 2.05) is 25.2 Å². The summed E-state index contributed by atoms with van der Waals surface area (Å²) in [5.74, 6) is 1.55.